The number of rotatable bonds is 5. The second-order valence-electron chi connectivity index (χ2n) is 4.51. The molecular weight excluding hydrogens is 280 g/mol. The summed E-state index contributed by atoms with van der Waals surface area (Å²) in [5.74, 6) is -0.598. The van der Waals surface area contributed by atoms with Crippen molar-refractivity contribution in [3.63, 3.8) is 0 Å². The number of primary amides is 1. The summed E-state index contributed by atoms with van der Waals surface area (Å²) in [5, 5.41) is 0.358. The van der Waals surface area contributed by atoms with Gasteiger partial charge in [-0.3, -0.25) is 19.1 Å². The molecule has 0 aliphatic heterocycles. The lowest BCUT2D eigenvalue weighted by Crippen LogP contribution is -2.35. The molecule has 0 fully saturated rings. The number of nitrogens with two attached hydrogens (primary N) is 2. The Kier molecular flexibility index (Phi) is 4.05. The van der Waals surface area contributed by atoms with Crippen LogP contribution in [0, 0.1) is 6.92 Å². The van der Waals surface area contributed by atoms with Gasteiger partial charge in [0.2, 0.25) is 0 Å². The van der Waals surface area contributed by atoms with Crippen LogP contribution in [0.5, 0.6) is 0 Å². The number of amides is 1. The average Bonchev–Trinajstić information content (AvgIpc) is 2.70. The zero-order valence-electron chi connectivity index (χ0n) is 11.1. The minimum absolute atomic E-state index is 0.299. The van der Waals surface area contributed by atoms with Crippen LogP contribution in [0.25, 0.3) is 10.2 Å². The van der Waals surface area contributed by atoms with Gasteiger partial charge in [-0.15, -0.1) is 11.3 Å². The Balaban J connectivity index is 2.62. The van der Waals surface area contributed by atoms with Crippen molar-refractivity contribution in [1.29, 1.82) is 0 Å². The number of thiophene rings is 1. The zero-order chi connectivity index (χ0) is 14.9. The molecule has 5 N–H and O–H groups in total. The highest BCUT2D eigenvalue weighted by molar-refractivity contribution is 7.20. The number of aromatic nitrogens is 2. The molecule has 0 spiro atoms. The Bertz CT molecular complexity index is 771. The second kappa shape index (κ2) is 5.59. The molecule has 20 heavy (non-hydrogen) atoms. The van der Waals surface area contributed by atoms with Gasteiger partial charge < -0.3 is 11.5 Å². The fourth-order valence-corrected chi connectivity index (χ4v) is 3.14. The number of hydrogen-bond donors (Lipinski definition) is 3. The van der Waals surface area contributed by atoms with E-state index in [0.29, 0.717) is 40.2 Å². The number of nitrogens with one attached hydrogen (secondary N) is 1. The van der Waals surface area contributed by atoms with Crippen molar-refractivity contribution in [3.8, 4) is 0 Å². The summed E-state index contributed by atoms with van der Waals surface area (Å²) in [6.07, 6.45) is 1.38. The van der Waals surface area contributed by atoms with Gasteiger partial charge in [0.1, 0.15) is 4.83 Å². The molecule has 7 nitrogen and oxygen atoms in total. The molecule has 0 saturated carbocycles. The summed E-state index contributed by atoms with van der Waals surface area (Å²) < 4.78 is 1.14. The predicted octanol–water partition coefficient (Wildman–Crippen LogP) is -0.102. The van der Waals surface area contributed by atoms with E-state index in [4.69, 9.17) is 11.5 Å². The van der Waals surface area contributed by atoms with Crippen LogP contribution in [0.4, 0.5) is 0 Å². The van der Waals surface area contributed by atoms with Crippen molar-refractivity contribution in [1.82, 2.24) is 9.55 Å². The molecule has 0 aliphatic carbocycles. The van der Waals surface area contributed by atoms with Gasteiger partial charge in [0.25, 0.3) is 11.5 Å². The van der Waals surface area contributed by atoms with Crippen molar-refractivity contribution in [2.75, 3.05) is 6.54 Å². The Morgan fingerprint density at radius 1 is 1.35 bits per heavy atom. The normalized spacial score (nSPS) is 11.1. The Morgan fingerprint density at radius 2 is 2.05 bits per heavy atom. The van der Waals surface area contributed by atoms with Crippen molar-refractivity contribution < 1.29 is 4.79 Å². The van der Waals surface area contributed by atoms with Gasteiger partial charge in [0, 0.05) is 6.54 Å². The zero-order valence-corrected chi connectivity index (χ0v) is 11.9. The molecule has 2 heterocycles. The molecular formula is C12H16N4O3S. The molecule has 1 amide bonds. The summed E-state index contributed by atoms with van der Waals surface area (Å²) in [6.45, 7) is 2.48. The first-order valence-corrected chi connectivity index (χ1v) is 7.05. The number of unbranched alkanes of at least 4 members (excludes halogenated alkanes) is 1. The third-order valence-corrected chi connectivity index (χ3v) is 4.35. The molecule has 2 rings (SSSR count). The first-order chi connectivity index (χ1) is 9.47. The highest BCUT2D eigenvalue weighted by Gasteiger charge is 2.18. The highest BCUT2D eigenvalue weighted by atomic mass is 32.1. The van der Waals surface area contributed by atoms with E-state index in [9.17, 15) is 14.4 Å². The SMILES string of the molecule is Cc1c(C(N)=O)sc2[nH]c(=O)n(CCCCN)c(=O)c12. The number of carbonyl (C=O) groups is 1. The van der Waals surface area contributed by atoms with Crippen LogP contribution in [0.2, 0.25) is 0 Å². The third kappa shape index (κ3) is 2.39. The number of hydrogen-bond acceptors (Lipinski definition) is 5. The van der Waals surface area contributed by atoms with Crippen molar-refractivity contribution >= 4 is 27.5 Å². The summed E-state index contributed by atoms with van der Waals surface area (Å²) in [6, 6.07) is 0. The average molecular weight is 296 g/mol. The summed E-state index contributed by atoms with van der Waals surface area (Å²) >= 11 is 1.03. The molecule has 8 heteroatoms. The summed E-state index contributed by atoms with van der Waals surface area (Å²) in [5.41, 5.74) is 10.3. The fraction of sp³-hybridized carbons (Fsp3) is 0.417. The third-order valence-electron chi connectivity index (χ3n) is 3.13. The van der Waals surface area contributed by atoms with Gasteiger partial charge in [-0.1, -0.05) is 0 Å². The number of carbonyl (C=O) groups excluding carboxylic acids is 1. The van der Waals surface area contributed by atoms with E-state index < -0.39 is 11.6 Å². The lowest BCUT2D eigenvalue weighted by molar-refractivity contribution is 0.100. The van der Waals surface area contributed by atoms with Gasteiger partial charge in [0.15, 0.2) is 0 Å². The molecule has 0 atom stereocenters. The van der Waals surface area contributed by atoms with E-state index in [-0.39, 0.29) is 5.56 Å². The molecule has 0 aromatic carbocycles. The largest absolute Gasteiger partial charge is 0.365 e. The lowest BCUT2D eigenvalue weighted by atomic mass is 10.2. The minimum Gasteiger partial charge on any atom is -0.365 e. The minimum atomic E-state index is -0.598. The van der Waals surface area contributed by atoms with Gasteiger partial charge >= 0.3 is 5.69 Å². The quantitative estimate of drug-likeness (QED) is 0.666. The van der Waals surface area contributed by atoms with Crippen molar-refractivity contribution in [3.05, 3.63) is 31.3 Å². The number of nitrogens with zero attached hydrogens (tertiary/aromatic N) is 1. The fourth-order valence-electron chi connectivity index (χ4n) is 2.10. The molecule has 0 unspecified atom stereocenters. The Labute approximate surface area is 118 Å². The van der Waals surface area contributed by atoms with Crippen molar-refractivity contribution in [2.45, 2.75) is 26.3 Å². The van der Waals surface area contributed by atoms with E-state index in [2.05, 4.69) is 4.98 Å². The highest BCUT2D eigenvalue weighted by Crippen LogP contribution is 2.25. The summed E-state index contributed by atoms with van der Waals surface area (Å²) in [4.78, 5) is 38.9. The van der Waals surface area contributed by atoms with Gasteiger partial charge in [-0.25, -0.2) is 4.79 Å². The van der Waals surface area contributed by atoms with E-state index in [1.54, 1.807) is 6.92 Å². The van der Waals surface area contributed by atoms with Crippen LogP contribution in [-0.2, 0) is 6.54 Å². The Morgan fingerprint density at radius 3 is 2.65 bits per heavy atom. The molecule has 2 aromatic rings. The monoisotopic (exact) mass is 296 g/mol. The molecule has 2 aromatic heterocycles. The van der Waals surface area contributed by atoms with Crippen LogP contribution in [-0.4, -0.2) is 22.0 Å². The number of aryl methyl sites for hydroxylation is 1. The summed E-state index contributed by atoms with van der Waals surface area (Å²) in [7, 11) is 0. The smallest absolute Gasteiger partial charge is 0.329 e. The lowest BCUT2D eigenvalue weighted by Gasteiger charge is -2.04. The molecule has 108 valence electrons. The first-order valence-electron chi connectivity index (χ1n) is 6.23. The standard InChI is InChI=1S/C12H16N4O3S/c1-6-7-10(20-8(6)9(14)17)15-12(19)16(11(7)18)5-3-2-4-13/h2-5,13H2,1H3,(H2,14,17)(H,15,19). The van der Waals surface area contributed by atoms with Crippen LogP contribution in [0.15, 0.2) is 9.59 Å². The maximum absolute atomic E-state index is 12.4. The second-order valence-corrected chi connectivity index (χ2v) is 5.53. The number of H-pyrrole nitrogens is 1. The van der Waals surface area contributed by atoms with E-state index in [0.717, 1.165) is 22.3 Å². The van der Waals surface area contributed by atoms with Crippen LogP contribution in [0.3, 0.4) is 0 Å². The van der Waals surface area contributed by atoms with E-state index in [1.165, 1.54) is 0 Å². The molecule has 0 saturated heterocycles. The van der Waals surface area contributed by atoms with E-state index >= 15 is 0 Å². The Hall–Kier alpha value is -1.93. The van der Waals surface area contributed by atoms with Crippen LogP contribution >= 0.6 is 11.3 Å². The molecule has 0 bridgehead atoms. The molecule has 0 radical (unpaired) electrons. The number of fused-ring (bicyclic) bond motifs is 1. The van der Waals surface area contributed by atoms with Crippen molar-refractivity contribution in [2.24, 2.45) is 11.5 Å². The van der Waals surface area contributed by atoms with E-state index in [1.807, 2.05) is 0 Å². The van der Waals surface area contributed by atoms with Crippen LogP contribution in [0.1, 0.15) is 28.1 Å². The van der Waals surface area contributed by atoms with Crippen LogP contribution < -0.4 is 22.7 Å². The maximum Gasteiger partial charge on any atom is 0.329 e. The molecule has 0 aliphatic rings. The van der Waals surface area contributed by atoms with Gasteiger partial charge in [-0.05, 0) is 31.9 Å². The topological polar surface area (TPSA) is 124 Å². The van der Waals surface area contributed by atoms with Gasteiger partial charge in [0.05, 0.1) is 10.3 Å². The maximum atomic E-state index is 12.4. The number of aromatic amines is 1. The predicted molar refractivity (Wildman–Crippen MR) is 78.2 cm³/mol. The van der Waals surface area contributed by atoms with Gasteiger partial charge in [-0.2, -0.15) is 0 Å². The first kappa shape index (κ1) is 14.5.